The molecule has 0 saturated heterocycles. The average molecular weight is 450 g/mol. The van der Waals surface area contributed by atoms with Crippen molar-refractivity contribution < 1.29 is 14.6 Å². The van der Waals surface area contributed by atoms with Crippen molar-refractivity contribution in [3.8, 4) is 16.9 Å². The van der Waals surface area contributed by atoms with Crippen LogP contribution < -0.4 is 4.74 Å². The lowest BCUT2D eigenvalue weighted by Crippen LogP contribution is -2.12. The van der Waals surface area contributed by atoms with Crippen LogP contribution in [0.5, 0.6) is 5.75 Å². The smallest absolute Gasteiger partial charge is 0.353 e. The third kappa shape index (κ3) is 3.81. The highest BCUT2D eigenvalue weighted by molar-refractivity contribution is 6.09. The van der Waals surface area contributed by atoms with Crippen molar-refractivity contribution in [2.24, 2.45) is 0 Å². The molecule has 0 aliphatic heterocycles. The summed E-state index contributed by atoms with van der Waals surface area (Å²) in [6.45, 7) is 5.13. The van der Waals surface area contributed by atoms with Gasteiger partial charge in [0.05, 0.1) is 6.61 Å². The molecule has 34 heavy (non-hydrogen) atoms. The van der Waals surface area contributed by atoms with Crippen LogP contribution in [-0.4, -0.2) is 22.2 Å². The van der Waals surface area contributed by atoms with E-state index in [1.54, 1.807) is 0 Å². The van der Waals surface area contributed by atoms with Crippen molar-refractivity contribution in [2.75, 3.05) is 6.61 Å². The van der Waals surface area contributed by atoms with Gasteiger partial charge in [-0.3, -0.25) is 0 Å². The van der Waals surface area contributed by atoms with E-state index in [1.807, 2.05) is 85.1 Å². The second kappa shape index (κ2) is 9.06. The number of benzene rings is 4. The van der Waals surface area contributed by atoms with Gasteiger partial charge in [0, 0.05) is 28.4 Å². The number of aromatic carboxylic acids is 1. The van der Waals surface area contributed by atoms with Crippen LogP contribution in [0.4, 0.5) is 0 Å². The van der Waals surface area contributed by atoms with Crippen LogP contribution in [0.25, 0.3) is 32.8 Å². The lowest BCUT2D eigenvalue weighted by molar-refractivity contribution is 0.0686. The summed E-state index contributed by atoms with van der Waals surface area (Å²) in [6, 6.07) is 28.3. The molecule has 0 saturated carbocycles. The SMILES string of the molecule is Cc1cccc(C)c1-c1c(C(=O)O)n(CCCOc2cccc3ccccc23)c2ccccc12. The van der Waals surface area contributed by atoms with Crippen LogP contribution in [0.1, 0.15) is 28.0 Å². The molecule has 0 aliphatic rings. The standard InChI is InChI=1S/C30H27NO3/c1-20-10-7-11-21(2)27(20)28-24-15-5-6-16-25(24)31(29(28)30(32)33)18-9-19-34-26-17-8-13-22-12-3-4-14-23(22)26/h3-8,10-17H,9,18-19H2,1-2H3,(H,32,33). The Balaban J connectivity index is 1.49. The topological polar surface area (TPSA) is 51.5 Å². The molecular formula is C30H27NO3. The Bertz CT molecular complexity index is 1490. The van der Waals surface area contributed by atoms with Crippen molar-refractivity contribution in [1.29, 1.82) is 0 Å². The number of hydrogen-bond acceptors (Lipinski definition) is 2. The Morgan fingerprint density at radius 3 is 2.21 bits per heavy atom. The van der Waals surface area contributed by atoms with E-state index < -0.39 is 5.97 Å². The largest absolute Gasteiger partial charge is 0.493 e. The van der Waals surface area contributed by atoms with Crippen LogP contribution in [0.15, 0.2) is 84.9 Å². The van der Waals surface area contributed by atoms with Crippen molar-refractivity contribution in [3.63, 3.8) is 0 Å². The number of para-hydroxylation sites is 1. The van der Waals surface area contributed by atoms with Crippen molar-refractivity contribution in [3.05, 3.63) is 102 Å². The molecule has 170 valence electrons. The molecule has 0 bridgehead atoms. The van der Waals surface area contributed by atoms with E-state index in [0.29, 0.717) is 25.3 Å². The number of carboxylic acids is 1. The van der Waals surface area contributed by atoms with Crippen molar-refractivity contribution in [1.82, 2.24) is 4.57 Å². The Kier molecular flexibility index (Phi) is 5.81. The number of nitrogens with zero attached hydrogens (tertiary/aromatic N) is 1. The third-order valence-electron chi connectivity index (χ3n) is 6.44. The molecule has 0 fully saturated rings. The summed E-state index contributed by atoms with van der Waals surface area (Å²) < 4.78 is 8.06. The monoisotopic (exact) mass is 449 g/mol. The summed E-state index contributed by atoms with van der Waals surface area (Å²) >= 11 is 0. The number of ether oxygens (including phenoxy) is 1. The summed E-state index contributed by atoms with van der Waals surface area (Å²) in [5.74, 6) is -0.0611. The zero-order valence-electron chi connectivity index (χ0n) is 19.4. The zero-order valence-corrected chi connectivity index (χ0v) is 19.4. The minimum absolute atomic E-state index is 0.337. The summed E-state index contributed by atoms with van der Waals surface area (Å²) in [7, 11) is 0. The predicted octanol–water partition coefficient (Wildman–Crippen LogP) is 7.25. The van der Waals surface area contributed by atoms with Gasteiger partial charge in [-0.1, -0.05) is 72.8 Å². The van der Waals surface area contributed by atoms with Gasteiger partial charge in [-0.05, 0) is 54.5 Å². The fourth-order valence-electron chi connectivity index (χ4n) is 4.95. The van der Waals surface area contributed by atoms with Crippen LogP contribution in [-0.2, 0) is 6.54 Å². The first-order valence-corrected chi connectivity index (χ1v) is 11.6. The van der Waals surface area contributed by atoms with Gasteiger partial charge >= 0.3 is 5.97 Å². The first-order valence-electron chi connectivity index (χ1n) is 11.6. The van der Waals surface area contributed by atoms with E-state index in [9.17, 15) is 9.90 Å². The highest BCUT2D eigenvalue weighted by Crippen LogP contribution is 2.38. The number of aromatic nitrogens is 1. The molecule has 5 aromatic rings. The molecule has 0 aliphatic carbocycles. The van der Waals surface area contributed by atoms with E-state index in [1.165, 1.54) is 0 Å². The Morgan fingerprint density at radius 1 is 0.794 bits per heavy atom. The number of aryl methyl sites for hydroxylation is 3. The van der Waals surface area contributed by atoms with Gasteiger partial charge in [-0.15, -0.1) is 0 Å². The highest BCUT2D eigenvalue weighted by Gasteiger charge is 2.25. The number of fused-ring (bicyclic) bond motifs is 2. The Morgan fingerprint density at radius 2 is 1.44 bits per heavy atom. The lowest BCUT2D eigenvalue weighted by Gasteiger charge is -2.13. The quantitative estimate of drug-likeness (QED) is 0.266. The second-order valence-electron chi connectivity index (χ2n) is 8.64. The highest BCUT2D eigenvalue weighted by atomic mass is 16.5. The maximum atomic E-state index is 12.6. The molecule has 0 amide bonds. The van der Waals surface area contributed by atoms with Gasteiger partial charge in [0.2, 0.25) is 0 Å². The first kappa shape index (κ1) is 21.8. The molecule has 0 unspecified atom stereocenters. The molecule has 1 aromatic heterocycles. The van der Waals surface area contributed by atoms with E-state index >= 15 is 0 Å². The third-order valence-corrected chi connectivity index (χ3v) is 6.44. The molecule has 0 spiro atoms. The fraction of sp³-hybridized carbons (Fsp3) is 0.167. The molecule has 4 heteroatoms. The van der Waals surface area contributed by atoms with Crippen molar-refractivity contribution in [2.45, 2.75) is 26.8 Å². The van der Waals surface area contributed by atoms with Crippen molar-refractivity contribution >= 4 is 27.6 Å². The summed E-state index contributed by atoms with van der Waals surface area (Å²) in [6.07, 6.45) is 0.689. The molecule has 1 heterocycles. The Labute approximate surface area is 199 Å². The number of carboxylic acid groups (broad SMARTS) is 1. The maximum absolute atomic E-state index is 12.6. The van der Waals surface area contributed by atoms with Gasteiger partial charge in [0.1, 0.15) is 11.4 Å². The lowest BCUT2D eigenvalue weighted by atomic mass is 9.93. The van der Waals surface area contributed by atoms with Gasteiger partial charge < -0.3 is 14.4 Å². The molecular weight excluding hydrogens is 422 g/mol. The minimum Gasteiger partial charge on any atom is -0.493 e. The van der Waals surface area contributed by atoms with Gasteiger partial charge in [-0.25, -0.2) is 4.79 Å². The van der Waals surface area contributed by atoms with Crippen LogP contribution >= 0.6 is 0 Å². The molecule has 4 nitrogen and oxygen atoms in total. The number of carbonyl (C=O) groups is 1. The molecule has 5 rings (SSSR count). The Hall–Kier alpha value is -4.05. The van der Waals surface area contributed by atoms with Gasteiger partial charge in [0.25, 0.3) is 0 Å². The first-order chi connectivity index (χ1) is 16.6. The van der Waals surface area contributed by atoms with Gasteiger partial charge in [0.15, 0.2) is 0 Å². The summed E-state index contributed by atoms with van der Waals surface area (Å²) in [5.41, 5.74) is 5.22. The summed E-state index contributed by atoms with van der Waals surface area (Å²) in [5, 5.41) is 13.5. The molecule has 0 atom stereocenters. The van der Waals surface area contributed by atoms with Crippen LogP contribution in [0, 0.1) is 13.8 Å². The number of hydrogen-bond donors (Lipinski definition) is 1. The normalized spacial score (nSPS) is 11.2. The molecule has 1 N–H and O–H groups in total. The van der Waals surface area contributed by atoms with Crippen LogP contribution in [0.2, 0.25) is 0 Å². The number of rotatable bonds is 7. The van der Waals surface area contributed by atoms with E-state index in [-0.39, 0.29) is 0 Å². The predicted molar refractivity (Wildman–Crippen MR) is 138 cm³/mol. The average Bonchev–Trinajstić information content (AvgIpc) is 3.16. The maximum Gasteiger partial charge on any atom is 0.353 e. The van der Waals surface area contributed by atoms with E-state index in [4.69, 9.17) is 4.74 Å². The van der Waals surface area contributed by atoms with Gasteiger partial charge in [-0.2, -0.15) is 0 Å². The second-order valence-corrected chi connectivity index (χ2v) is 8.64. The van der Waals surface area contributed by atoms with Crippen LogP contribution in [0.3, 0.4) is 0 Å². The van der Waals surface area contributed by atoms with E-state index in [2.05, 4.69) is 18.2 Å². The fourth-order valence-corrected chi connectivity index (χ4v) is 4.95. The minimum atomic E-state index is -0.913. The zero-order chi connectivity index (χ0) is 23.7. The summed E-state index contributed by atoms with van der Waals surface area (Å²) in [4.78, 5) is 12.6. The molecule has 4 aromatic carbocycles. The van der Waals surface area contributed by atoms with E-state index in [0.717, 1.165) is 49.7 Å². The molecule has 0 radical (unpaired) electrons.